The second-order valence-electron chi connectivity index (χ2n) is 6.65. The molecule has 0 amide bonds. The highest BCUT2D eigenvalue weighted by Crippen LogP contribution is 2.22. The van der Waals surface area contributed by atoms with E-state index in [4.69, 9.17) is 14.2 Å². The molecule has 2 rings (SSSR count). The third kappa shape index (κ3) is 7.11. The van der Waals surface area contributed by atoms with Gasteiger partial charge in [0.2, 0.25) is 0 Å². The van der Waals surface area contributed by atoms with E-state index in [1.807, 2.05) is 6.92 Å². The van der Waals surface area contributed by atoms with E-state index in [2.05, 4.69) is 13.5 Å². The van der Waals surface area contributed by atoms with E-state index in [1.165, 1.54) is 0 Å². The van der Waals surface area contributed by atoms with Crippen LogP contribution in [0.2, 0.25) is 0 Å². The molecule has 5 heteroatoms. The minimum absolute atomic E-state index is 0.0918. The molecule has 0 aliphatic carbocycles. The molecule has 0 bridgehead atoms. The first-order valence-electron chi connectivity index (χ1n) is 9.95. The molecule has 0 N–H and O–H groups in total. The Morgan fingerprint density at radius 3 is 2.07 bits per heavy atom. The second kappa shape index (κ2) is 11.7. The maximum atomic E-state index is 12.3. The fraction of sp³-hybridized carbons (Fsp3) is 0.333. The zero-order chi connectivity index (χ0) is 21.1. The van der Waals surface area contributed by atoms with Crippen molar-refractivity contribution in [2.75, 3.05) is 6.61 Å². The molecule has 0 saturated carbocycles. The van der Waals surface area contributed by atoms with Crippen molar-refractivity contribution in [2.45, 2.75) is 39.5 Å². The normalized spacial score (nSPS) is 11.4. The number of unbranched alkanes of at least 4 members (excludes halogenated alkanes) is 1. The lowest BCUT2D eigenvalue weighted by molar-refractivity contribution is -0.139. The maximum Gasteiger partial charge on any atom is 0.343 e. The summed E-state index contributed by atoms with van der Waals surface area (Å²) in [6.07, 6.45) is 5.29. The molecular weight excluding hydrogens is 368 g/mol. The average molecular weight is 396 g/mol. The van der Waals surface area contributed by atoms with Gasteiger partial charge in [0.25, 0.3) is 0 Å². The van der Waals surface area contributed by atoms with Crippen molar-refractivity contribution in [1.29, 1.82) is 0 Å². The largest absolute Gasteiger partial charge is 0.490 e. The van der Waals surface area contributed by atoms with E-state index in [0.29, 0.717) is 29.4 Å². The van der Waals surface area contributed by atoms with Crippen molar-refractivity contribution in [3.8, 4) is 17.2 Å². The van der Waals surface area contributed by atoms with Gasteiger partial charge in [0.15, 0.2) is 0 Å². The summed E-state index contributed by atoms with van der Waals surface area (Å²) in [7, 11) is 0. The van der Waals surface area contributed by atoms with Gasteiger partial charge in [-0.2, -0.15) is 0 Å². The lowest BCUT2D eigenvalue weighted by Gasteiger charge is -2.13. The minimum Gasteiger partial charge on any atom is -0.490 e. The molecule has 154 valence electrons. The van der Waals surface area contributed by atoms with Gasteiger partial charge in [0.05, 0.1) is 11.5 Å². The number of benzene rings is 2. The Hall–Kier alpha value is -3.08. The Morgan fingerprint density at radius 1 is 0.931 bits per heavy atom. The van der Waals surface area contributed by atoms with Crippen molar-refractivity contribution in [3.05, 3.63) is 66.7 Å². The molecule has 0 spiro atoms. The average Bonchev–Trinajstić information content (AvgIpc) is 2.74. The zero-order valence-corrected chi connectivity index (χ0v) is 17.1. The van der Waals surface area contributed by atoms with Crippen LogP contribution >= 0.6 is 0 Å². The second-order valence-corrected chi connectivity index (χ2v) is 6.65. The summed E-state index contributed by atoms with van der Waals surface area (Å²) in [6, 6.07) is 13.1. The number of hydrogen-bond donors (Lipinski definition) is 0. The SMILES string of the molecule is C=CCOc1ccc(C(=O)Oc2ccc(OC(=O)[C@@H](CC)CCCC)cc2)cc1. The Kier molecular flexibility index (Phi) is 8.96. The molecule has 1 atom stereocenters. The van der Waals surface area contributed by atoms with E-state index in [0.717, 1.165) is 25.7 Å². The molecule has 0 aliphatic heterocycles. The van der Waals surface area contributed by atoms with Crippen molar-refractivity contribution in [1.82, 2.24) is 0 Å². The summed E-state index contributed by atoms with van der Waals surface area (Å²) in [5.41, 5.74) is 0.410. The molecule has 2 aromatic carbocycles. The molecule has 0 fully saturated rings. The third-order valence-corrected chi connectivity index (χ3v) is 4.44. The van der Waals surface area contributed by atoms with Crippen LogP contribution in [0.25, 0.3) is 0 Å². The van der Waals surface area contributed by atoms with Gasteiger partial charge in [0.1, 0.15) is 23.9 Å². The van der Waals surface area contributed by atoms with Crippen molar-refractivity contribution < 1.29 is 23.8 Å². The molecule has 0 aromatic heterocycles. The van der Waals surface area contributed by atoms with Crippen LogP contribution in [0.3, 0.4) is 0 Å². The molecule has 0 unspecified atom stereocenters. The highest BCUT2D eigenvalue weighted by Gasteiger charge is 2.18. The van der Waals surface area contributed by atoms with Gasteiger partial charge in [-0.05, 0) is 61.4 Å². The van der Waals surface area contributed by atoms with Crippen molar-refractivity contribution in [3.63, 3.8) is 0 Å². The first-order chi connectivity index (χ1) is 14.1. The molecule has 0 saturated heterocycles. The number of ether oxygens (including phenoxy) is 3. The summed E-state index contributed by atoms with van der Waals surface area (Å²) in [5, 5.41) is 0. The molecular formula is C24H28O5. The predicted octanol–water partition coefficient (Wildman–Crippen LogP) is 5.59. The Morgan fingerprint density at radius 2 is 1.52 bits per heavy atom. The lowest BCUT2D eigenvalue weighted by atomic mass is 10.00. The van der Waals surface area contributed by atoms with Gasteiger partial charge in [0, 0.05) is 0 Å². The summed E-state index contributed by atoms with van der Waals surface area (Å²) in [6.45, 7) is 8.08. The topological polar surface area (TPSA) is 61.8 Å². The van der Waals surface area contributed by atoms with Crippen LogP contribution in [0.1, 0.15) is 49.9 Å². The predicted molar refractivity (Wildman–Crippen MR) is 112 cm³/mol. The molecule has 0 radical (unpaired) electrons. The van der Waals surface area contributed by atoms with Crippen LogP contribution in [0.15, 0.2) is 61.2 Å². The fourth-order valence-corrected chi connectivity index (χ4v) is 2.72. The van der Waals surface area contributed by atoms with Crippen LogP contribution in [0.4, 0.5) is 0 Å². The minimum atomic E-state index is -0.476. The van der Waals surface area contributed by atoms with Gasteiger partial charge < -0.3 is 14.2 Å². The molecule has 0 heterocycles. The Balaban J connectivity index is 1.91. The highest BCUT2D eigenvalue weighted by atomic mass is 16.5. The molecule has 5 nitrogen and oxygen atoms in total. The van der Waals surface area contributed by atoms with Crippen molar-refractivity contribution in [2.24, 2.45) is 5.92 Å². The quantitative estimate of drug-likeness (QED) is 0.281. The van der Waals surface area contributed by atoms with Crippen LogP contribution in [0, 0.1) is 5.92 Å². The van der Waals surface area contributed by atoms with Crippen LogP contribution in [-0.4, -0.2) is 18.5 Å². The van der Waals surface area contributed by atoms with Gasteiger partial charge >= 0.3 is 11.9 Å². The summed E-state index contributed by atoms with van der Waals surface area (Å²) >= 11 is 0. The zero-order valence-electron chi connectivity index (χ0n) is 17.1. The van der Waals surface area contributed by atoms with E-state index in [-0.39, 0.29) is 11.9 Å². The van der Waals surface area contributed by atoms with Crippen LogP contribution in [-0.2, 0) is 4.79 Å². The monoisotopic (exact) mass is 396 g/mol. The maximum absolute atomic E-state index is 12.3. The third-order valence-electron chi connectivity index (χ3n) is 4.44. The summed E-state index contributed by atoms with van der Waals surface area (Å²) in [5.74, 6) is 0.677. The molecule has 2 aromatic rings. The molecule has 0 aliphatic rings. The van der Waals surface area contributed by atoms with Crippen LogP contribution < -0.4 is 14.2 Å². The number of esters is 2. The standard InChI is InChI=1S/C24H28O5/c1-4-7-8-18(6-3)23(25)28-21-13-15-22(16-14-21)29-24(26)19-9-11-20(12-10-19)27-17-5-2/h5,9-16,18H,2,4,6-8,17H2,1,3H3/t18-/m0/s1. The van der Waals surface area contributed by atoms with E-state index in [9.17, 15) is 9.59 Å². The Labute approximate surface area is 172 Å². The summed E-state index contributed by atoms with van der Waals surface area (Å²) < 4.78 is 16.2. The molecule has 29 heavy (non-hydrogen) atoms. The van der Waals surface area contributed by atoms with Gasteiger partial charge in [-0.25, -0.2) is 4.79 Å². The first kappa shape index (κ1) is 22.2. The first-order valence-corrected chi connectivity index (χ1v) is 9.95. The Bertz CT molecular complexity index is 793. The number of carbonyl (C=O) groups is 2. The van der Waals surface area contributed by atoms with Crippen LogP contribution in [0.5, 0.6) is 17.2 Å². The fourth-order valence-electron chi connectivity index (χ4n) is 2.72. The van der Waals surface area contributed by atoms with E-state index in [1.54, 1.807) is 54.6 Å². The number of rotatable bonds is 11. The van der Waals surface area contributed by atoms with E-state index < -0.39 is 5.97 Å². The lowest BCUT2D eigenvalue weighted by Crippen LogP contribution is -2.20. The smallest absolute Gasteiger partial charge is 0.343 e. The van der Waals surface area contributed by atoms with Gasteiger partial charge in [-0.15, -0.1) is 0 Å². The summed E-state index contributed by atoms with van der Waals surface area (Å²) in [4.78, 5) is 24.5. The van der Waals surface area contributed by atoms with Crippen molar-refractivity contribution >= 4 is 11.9 Å². The highest BCUT2D eigenvalue weighted by molar-refractivity contribution is 5.91. The number of hydrogen-bond acceptors (Lipinski definition) is 5. The van der Waals surface area contributed by atoms with Gasteiger partial charge in [-0.3, -0.25) is 4.79 Å². The van der Waals surface area contributed by atoms with E-state index >= 15 is 0 Å². The number of carbonyl (C=O) groups excluding carboxylic acids is 2. The van der Waals surface area contributed by atoms with Gasteiger partial charge in [-0.1, -0.05) is 39.3 Å².